The third kappa shape index (κ3) is 5.99. The van der Waals surface area contributed by atoms with E-state index in [9.17, 15) is 36.2 Å². The average molecular weight is 403 g/mol. The van der Waals surface area contributed by atoms with Crippen molar-refractivity contribution in [2.24, 2.45) is 0 Å². The highest BCUT2D eigenvalue weighted by Crippen LogP contribution is 2.38. The summed E-state index contributed by atoms with van der Waals surface area (Å²) in [5, 5.41) is 10.6. The third-order valence-corrected chi connectivity index (χ3v) is 3.76. The van der Waals surface area contributed by atoms with Crippen molar-refractivity contribution in [2.45, 2.75) is 43.9 Å². The molecule has 1 rings (SSSR count). The highest BCUT2D eigenvalue weighted by Gasteiger charge is 2.76. The predicted molar refractivity (Wildman–Crippen MR) is 82.4 cm³/mol. The van der Waals surface area contributed by atoms with Crippen molar-refractivity contribution in [3.63, 3.8) is 0 Å². The number of alkyl halides is 6. The van der Waals surface area contributed by atoms with E-state index in [1.165, 1.54) is 24.3 Å². The molecule has 5 nitrogen and oxygen atoms in total. The summed E-state index contributed by atoms with van der Waals surface area (Å²) in [4.78, 5) is 11.5. The lowest BCUT2D eigenvalue weighted by Crippen LogP contribution is -3.08. The number of carbonyl (C=O) groups is 1. The molecule has 154 valence electrons. The van der Waals surface area contributed by atoms with Crippen LogP contribution in [0.4, 0.5) is 31.1 Å². The van der Waals surface area contributed by atoms with Gasteiger partial charge in [-0.2, -0.15) is 26.3 Å². The number of aliphatic hydroxyl groups excluding tert-OH is 1. The maximum atomic E-state index is 13.4. The zero-order valence-corrected chi connectivity index (χ0v) is 14.4. The average Bonchev–Trinajstić information content (AvgIpc) is 2.57. The number of nitrogens with one attached hydrogen (secondary N) is 1. The van der Waals surface area contributed by atoms with Gasteiger partial charge in [-0.25, -0.2) is 4.79 Å². The van der Waals surface area contributed by atoms with Gasteiger partial charge >= 0.3 is 24.1 Å². The molecule has 0 aliphatic carbocycles. The van der Waals surface area contributed by atoms with Gasteiger partial charge < -0.3 is 15.2 Å². The van der Waals surface area contributed by atoms with Gasteiger partial charge in [0.05, 0.1) is 6.61 Å². The minimum absolute atomic E-state index is 0.137. The summed E-state index contributed by atoms with van der Waals surface area (Å²) in [7, 11) is 0. The van der Waals surface area contributed by atoms with Gasteiger partial charge in [0.25, 0.3) is 0 Å². The number of benzene rings is 1. The van der Waals surface area contributed by atoms with Crippen LogP contribution >= 0.6 is 0 Å². The molecular weight excluding hydrogens is 382 g/mol. The summed E-state index contributed by atoms with van der Waals surface area (Å²) in [6.45, 7) is 0.384. The van der Waals surface area contributed by atoms with Crippen molar-refractivity contribution < 1.29 is 46.3 Å². The largest absolute Gasteiger partial charge is 0.475 e. The molecule has 0 aliphatic heterocycles. The molecule has 27 heavy (non-hydrogen) atoms. The molecule has 1 amide bonds. The topological polar surface area (TPSA) is 75.2 Å². The number of halogens is 6. The molecule has 4 N–H and O–H groups in total. The monoisotopic (exact) mass is 403 g/mol. The molecule has 0 aliphatic rings. The molecule has 0 unspecified atom stereocenters. The fourth-order valence-corrected chi connectivity index (χ4v) is 2.19. The molecule has 0 saturated carbocycles. The molecule has 0 heterocycles. The first-order valence-electron chi connectivity index (χ1n) is 8.10. The standard InChI is InChI=1S/C16H20F6N2O3/c1-2-3-9-27-13(26)24-14(15(17,18)19,16(20,21)22)23-10-12(25)11-7-5-4-6-8-11/h4-8,12,23,25H,2-3,9-10H2,1H3,(H,24,26)/p+1/t12-/m0/s1. The Bertz CT molecular complexity index is 578. The number of aliphatic hydroxyl groups is 1. The number of hydrogen-bond donors (Lipinski definition) is 3. The number of nitrogens with two attached hydrogens (primary N) is 1. The first-order chi connectivity index (χ1) is 12.4. The smallest absolute Gasteiger partial charge is 0.449 e. The Kier molecular flexibility index (Phi) is 7.90. The van der Waals surface area contributed by atoms with Crippen molar-refractivity contribution >= 4 is 6.09 Å². The van der Waals surface area contributed by atoms with Gasteiger partial charge in [-0.3, -0.25) is 5.32 Å². The van der Waals surface area contributed by atoms with Crippen LogP contribution in [0.1, 0.15) is 31.4 Å². The van der Waals surface area contributed by atoms with Gasteiger partial charge in [0, 0.05) is 0 Å². The van der Waals surface area contributed by atoms with Crippen molar-refractivity contribution in [3.05, 3.63) is 35.9 Å². The summed E-state index contributed by atoms with van der Waals surface area (Å²) in [6, 6.07) is 7.23. The second-order valence-corrected chi connectivity index (χ2v) is 5.78. The Labute approximate surface area is 151 Å². The number of unbranched alkanes of at least 4 members (excludes halogenated alkanes) is 1. The molecular formula is C16H21F6N2O3+. The van der Waals surface area contributed by atoms with E-state index in [0.29, 0.717) is 6.42 Å². The summed E-state index contributed by atoms with van der Waals surface area (Å²) >= 11 is 0. The number of rotatable bonds is 8. The van der Waals surface area contributed by atoms with Crippen LogP contribution in [0.3, 0.4) is 0 Å². The number of hydrogen-bond acceptors (Lipinski definition) is 3. The van der Waals surface area contributed by atoms with E-state index in [1.54, 1.807) is 13.0 Å². The van der Waals surface area contributed by atoms with Crippen molar-refractivity contribution in [1.29, 1.82) is 0 Å². The Hall–Kier alpha value is -2.01. The lowest BCUT2D eigenvalue weighted by Gasteiger charge is -2.35. The van der Waals surface area contributed by atoms with E-state index in [2.05, 4.69) is 4.74 Å². The Morgan fingerprint density at radius 3 is 2.19 bits per heavy atom. The second-order valence-electron chi connectivity index (χ2n) is 5.78. The van der Waals surface area contributed by atoms with E-state index in [1.807, 2.05) is 0 Å². The normalized spacial score (nSPS) is 13.9. The number of amides is 1. The highest BCUT2D eigenvalue weighted by atomic mass is 19.4. The molecule has 0 bridgehead atoms. The summed E-state index contributed by atoms with van der Waals surface area (Å²) in [6.07, 6.45) is -14.4. The van der Waals surface area contributed by atoms with Crippen LogP contribution in [-0.2, 0) is 4.74 Å². The molecule has 1 atom stereocenters. The number of alkyl carbamates (subject to hydrolysis) is 1. The van der Waals surface area contributed by atoms with Crippen LogP contribution < -0.4 is 10.6 Å². The van der Waals surface area contributed by atoms with E-state index in [0.717, 1.165) is 5.32 Å². The Balaban J connectivity index is 3.04. The van der Waals surface area contributed by atoms with Gasteiger partial charge in [0.1, 0.15) is 12.6 Å². The van der Waals surface area contributed by atoms with E-state index >= 15 is 0 Å². The van der Waals surface area contributed by atoms with Gasteiger partial charge in [-0.15, -0.1) is 0 Å². The Morgan fingerprint density at radius 2 is 1.70 bits per heavy atom. The maximum Gasteiger partial charge on any atom is 0.475 e. The number of carbonyl (C=O) groups excluding carboxylic acids is 1. The van der Waals surface area contributed by atoms with Crippen LogP contribution in [0.2, 0.25) is 0 Å². The quantitative estimate of drug-likeness (QED) is 0.355. The molecule has 0 radical (unpaired) electrons. The molecule has 0 saturated heterocycles. The summed E-state index contributed by atoms with van der Waals surface area (Å²) < 4.78 is 84.6. The zero-order valence-electron chi connectivity index (χ0n) is 14.4. The Morgan fingerprint density at radius 1 is 1.15 bits per heavy atom. The van der Waals surface area contributed by atoms with Crippen LogP contribution in [0.15, 0.2) is 30.3 Å². The first-order valence-corrected chi connectivity index (χ1v) is 8.10. The van der Waals surface area contributed by atoms with Gasteiger partial charge in [0.2, 0.25) is 0 Å². The lowest BCUT2D eigenvalue weighted by molar-refractivity contribution is -0.788. The van der Waals surface area contributed by atoms with Crippen LogP contribution in [-0.4, -0.2) is 42.4 Å². The molecule has 11 heteroatoms. The van der Waals surface area contributed by atoms with Gasteiger partial charge in [0.15, 0.2) is 0 Å². The first kappa shape index (κ1) is 23.0. The fourth-order valence-electron chi connectivity index (χ4n) is 2.19. The van der Waals surface area contributed by atoms with Crippen LogP contribution in [0.25, 0.3) is 0 Å². The molecule has 1 aromatic carbocycles. The summed E-state index contributed by atoms with van der Waals surface area (Å²) in [5.74, 6) is 0. The second kappa shape index (κ2) is 9.27. The van der Waals surface area contributed by atoms with Crippen LogP contribution in [0.5, 0.6) is 0 Å². The van der Waals surface area contributed by atoms with E-state index in [-0.39, 0.29) is 23.9 Å². The minimum Gasteiger partial charge on any atom is -0.449 e. The van der Waals surface area contributed by atoms with Gasteiger partial charge in [-0.05, 0) is 12.0 Å². The predicted octanol–water partition coefficient (Wildman–Crippen LogP) is 2.63. The fraction of sp³-hybridized carbons (Fsp3) is 0.562. The van der Waals surface area contributed by atoms with Crippen molar-refractivity contribution in [3.8, 4) is 0 Å². The molecule has 1 aromatic rings. The maximum absolute atomic E-state index is 13.4. The number of quaternary nitrogens is 1. The van der Waals surface area contributed by atoms with Crippen LogP contribution in [0, 0.1) is 0 Å². The zero-order chi connectivity index (χ0) is 20.7. The van der Waals surface area contributed by atoms with Crippen molar-refractivity contribution in [1.82, 2.24) is 5.32 Å². The third-order valence-electron chi connectivity index (χ3n) is 3.76. The van der Waals surface area contributed by atoms with E-state index < -0.39 is 36.8 Å². The highest BCUT2D eigenvalue weighted by molar-refractivity contribution is 5.68. The molecule has 0 fully saturated rings. The lowest BCUT2D eigenvalue weighted by atomic mass is 10.1. The minimum atomic E-state index is -5.90. The summed E-state index contributed by atoms with van der Waals surface area (Å²) in [5.41, 5.74) is -4.52. The van der Waals surface area contributed by atoms with Gasteiger partial charge in [-0.1, -0.05) is 43.7 Å². The molecule has 0 spiro atoms. The number of ether oxygens (including phenoxy) is 1. The SMILES string of the molecule is CCCCOC(=O)NC([NH2+]C[C@H](O)c1ccccc1)(C(F)(F)F)C(F)(F)F. The van der Waals surface area contributed by atoms with E-state index in [4.69, 9.17) is 0 Å². The van der Waals surface area contributed by atoms with Crippen molar-refractivity contribution in [2.75, 3.05) is 13.2 Å². The molecule has 0 aromatic heterocycles.